The maximum absolute atomic E-state index is 12.8. The van der Waals surface area contributed by atoms with E-state index in [1.54, 1.807) is 0 Å². The second-order valence-corrected chi connectivity index (χ2v) is 16.1. The zero-order chi connectivity index (χ0) is 33.3. The van der Waals surface area contributed by atoms with Gasteiger partial charge in [-0.3, -0.25) is 18.2 Å². The van der Waals surface area contributed by atoms with Crippen molar-refractivity contribution < 1.29 is 69.6 Å². The van der Waals surface area contributed by atoms with Gasteiger partial charge < -0.3 is 10.4 Å². The molecule has 0 aliphatic rings. The van der Waals surface area contributed by atoms with Crippen molar-refractivity contribution in [3.05, 3.63) is 48.0 Å². The molecule has 6 N–H and O–H groups in total. The Balaban J connectivity index is 2.30. The van der Waals surface area contributed by atoms with Gasteiger partial charge in [-0.15, -0.1) is 10.2 Å². The minimum atomic E-state index is -5.31. The number of phenols is 1. The molecular weight excluding hydrogens is 699 g/mol. The molecule has 0 bridgehead atoms. The third-order valence-electron chi connectivity index (χ3n) is 5.42. The molecule has 0 fully saturated rings. The Hall–Kier alpha value is -3.33. The summed E-state index contributed by atoms with van der Waals surface area (Å²) < 4.78 is 158. The van der Waals surface area contributed by atoms with E-state index in [0.29, 0.717) is 6.07 Å². The number of hydrogen-bond acceptors (Lipinski definition) is 15. The first kappa shape index (κ1) is 35.2. The maximum atomic E-state index is 12.8. The first-order chi connectivity index (χ1) is 20.0. The van der Waals surface area contributed by atoms with Crippen LogP contribution in [0.3, 0.4) is 0 Å². The number of sulfone groups is 1. The lowest BCUT2D eigenvalue weighted by molar-refractivity contribution is 0.284. The van der Waals surface area contributed by atoms with E-state index < -0.39 is 112 Å². The molecule has 0 saturated carbocycles. The summed E-state index contributed by atoms with van der Waals surface area (Å²) in [6.07, 6.45) is 0. The van der Waals surface area contributed by atoms with Crippen LogP contribution in [0.5, 0.6) is 5.75 Å². The second-order valence-electron chi connectivity index (χ2n) is 8.60. The Labute approximate surface area is 250 Å². The third-order valence-corrected chi connectivity index (χ3v) is 9.69. The minimum absolute atomic E-state index is 0.316. The topological polar surface area (TPSA) is 318 Å². The monoisotopic (exact) mass is 719 g/mol. The molecule has 24 heteroatoms. The lowest BCUT2D eigenvalue weighted by Crippen LogP contribution is -2.15. The number of aromatic hydroxyl groups is 1. The molecule has 242 valence electrons. The molecule has 3 rings (SSSR count). The second kappa shape index (κ2) is 12.6. The SMILES string of the molecule is O=S(=O)(O)CNc1ccc2c(O)c(CS(=O)(=O)O)c(S(=O)(=O)O)cc2c1N=Nc1ccccc1S(=O)(=O)CCOS(=O)(=O)O. The summed E-state index contributed by atoms with van der Waals surface area (Å²) in [7, 11) is -24.3. The van der Waals surface area contributed by atoms with E-state index in [9.17, 15) is 60.9 Å². The fourth-order valence-electron chi connectivity index (χ4n) is 3.70. The molecular formula is C20H21N3O16S5. The van der Waals surface area contributed by atoms with E-state index in [4.69, 9.17) is 4.55 Å². The number of nitrogens with one attached hydrogen (secondary N) is 1. The molecule has 0 amide bonds. The van der Waals surface area contributed by atoms with E-state index >= 15 is 0 Å². The first-order valence-corrected chi connectivity index (χ1v) is 18.9. The highest BCUT2D eigenvalue weighted by Gasteiger charge is 2.27. The molecule has 0 saturated heterocycles. The standard InChI is InChI=1S/C20H21N3O16S5/c24-20-12-5-6-16(21-11-42(30,31)32)19(13(12)9-18(43(33,34)35)14(20)10-41(27,28)29)23-22-15-3-1-2-4-17(15)40(25,26)8-7-39-44(36,37)38/h1-6,9,21,24H,7-8,10-11H2,(H,27,28,29)(H,30,31,32)(H,33,34,35)(H,36,37,38). The molecule has 0 atom stereocenters. The Kier molecular flexibility index (Phi) is 10.1. The minimum Gasteiger partial charge on any atom is -0.507 e. The number of benzene rings is 3. The van der Waals surface area contributed by atoms with Crippen LogP contribution in [-0.2, 0) is 60.5 Å². The van der Waals surface area contributed by atoms with Crippen LogP contribution in [0, 0.1) is 0 Å². The van der Waals surface area contributed by atoms with Gasteiger partial charge in [0.15, 0.2) is 9.84 Å². The van der Waals surface area contributed by atoms with Gasteiger partial charge in [-0.25, -0.2) is 12.6 Å². The fraction of sp³-hybridized carbons (Fsp3) is 0.200. The van der Waals surface area contributed by atoms with Crippen LogP contribution in [0.4, 0.5) is 17.1 Å². The quantitative estimate of drug-likeness (QED) is 0.107. The summed E-state index contributed by atoms with van der Waals surface area (Å²) in [5.74, 6) is -4.63. The summed E-state index contributed by atoms with van der Waals surface area (Å²) in [6, 6.07) is 7.44. The Bertz CT molecular complexity index is 2200. The van der Waals surface area contributed by atoms with Crippen molar-refractivity contribution >= 4 is 78.4 Å². The van der Waals surface area contributed by atoms with Crippen molar-refractivity contribution in [2.24, 2.45) is 10.2 Å². The molecule has 0 aromatic heterocycles. The van der Waals surface area contributed by atoms with Gasteiger partial charge in [0.2, 0.25) is 0 Å². The summed E-state index contributed by atoms with van der Waals surface area (Å²) >= 11 is 0. The van der Waals surface area contributed by atoms with Gasteiger partial charge in [0.05, 0.1) is 22.9 Å². The third kappa shape index (κ3) is 9.34. The Morgan fingerprint density at radius 3 is 1.95 bits per heavy atom. The van der Waals surface area contributed by atoms with Gasteiger partial charge in [-0.05, 0) is 30.3 Å². The van der Waals surface area contributed by atoms with Crippen molar-refractivity contribution in [3.8, 4) is 5.75 Å². The van der Waals surface area contributed by atoms with Gasteiger partial charge in [-0.2, -0.15) is 33.7 Å². The lowest BCUT2D eigenvalue weighted by atomic mass is 10.0. The van der Waals surface area contributed by atoms with Crippen molar-refractivity contribution in [2.45, 2.75) is 15.5 Å². The fourth-order valence-corrected chi connectivity index (χ4v) is 7.16. The molecule has 19 nitrogen and oxygen atoms in total. The van der Waals surface area contributed by atoms with Crippen molar-refractivity contribution in [2.75, 3.05) is 23.6 Å². The smallest absolute Gasteiger partial charge is 0.397 e. The van der Waals surface area contributed by atoms with E-state index in [-0.39, 0.29) is 11.1 Å². The number of anilines is 1. The normalized spacial score (nSPS) is 13.5. The summed E-state index contributed by atoms with van der Waals surface area (Å²) in [5, 5.41) is 19.9. The molecule has 0 heterocycles. The van der Waals surface area contributed by atoms with Gasteiger partial charge in [0.1, 0.15) is 33.6 Å². The molecule has 0 unspecified atom stereocenters. The Morgan fingerprint density at radius 2 is 1.39 bits per heavy atom. The van der Waals surface area contributed by atoms with Crippen LogP contribution in [-0.4, -0.2) is 83.6 Å². The lowest BCUT2D eigenvalue weighted by Gasteiger charge is -2.15. The van der Waals surface area contributed by atoms with E-state index in [2.05, 4.69) is 19.7 Å². The molecule has 3 aromatic rings. The highest BCUT2D eigenvalue weighted by Crippen LogP contribution is 2.43. The number of phenolic OH excluding ortho intramolecular Hbond substituents is 1. The molecule has 0 aliphatic heterocycles. The van der Waals surface area contributed by atoms with Crippen LogP contribution in [0.15, 0.2) is 62.5 Å². The van der Waals surface area contributed by atoms with E-state index in [0.717, 1.165) is 24.3 Å². The highest BCUT2D eigenvalue weighted by atomic mass is 32.3. The molecule has 44 heavy (non-hydrogen) atoms. The predicted molar refractivity (Wildman–Crippen MR) is 151 cm³/mol. The van der Waals surface area contributed by atoms with E-state index in [1.165, 1.54) is 12.1 Å². The predicted octanol–water partition coefficient (Wildman–Crippen LogP) is 1.45. The number of rotatable bonds is 13. The van der Waals surface area contributed by atoms with Gasteiger partial charge >= 0.3 is 10.4 Å². The number of nitrogens with zero attached hydrogens (tertiary/aromatic N) is 2. The summed E-state index contributed by atoms with van der Waals surface area (Å²) in [4.78, 5) is -1.74. The molecule has 3 aromatic carbocycles. The number of azo groups is 1. The van der Waals surface area contributed by atoms with Gasteiger partial charge in [0.25, 0.3) is 30.4 Å². The van der Waals surface area contributed by atoms with Gasteiger partial charge in [-0.1, -0.05) is 12.1 Å². The number of hydrogen-bond donors (Lipinski definition) is 6. The largest absolute Gasteiger partial charge is 0.507 e. The molecule has 0 aliphatic carbocycles. The number of fused-ring (bicyclic) bond motifs is 1. The zero-order valence-corrected chi connectivity index (χ0v) is 25.6. The van der Waals surface area contributed by atoms with Crippen LogP contribution in [0.2, 0.25) is 0 Å². The maximum Gasteiger partial charge on any atom is 0.397 e. The average Bonchev–Trinajstić information content (AvgIpc) is 2.85. The van der Waals surface area contributed by atoms with Crippen molar-refractivity contribution in [1.82, 2.24) is 0 Å². The highest BCUT2D eigenvalue weighted by molar-refractivity contribution is 7.91. The average molecular weight is 720 g/mol. The van der Waals surface area contributed by atoms with Crippen LogP contribution >= 0.6 is 0 Å². The first-order valence-electron chi connectivity index (χ1n) is 11.3. The van der Waals surface area contributed by atoms with Crippen LogP contribution in [0.25, 0.3) is 10.8 Å². The van der Waals surface area contributed by atoms with E-state index in [1.807, 2.05) is 0 Å². The van der Waals surface area contributed by atoms with Crippen LogP contribution in [0.1, 0.15) is 5.56 Å². The van der Waals surface area contributed by atoms with Crippen molar-refractivity contribution in [3.63, 3.8) is 0 Å². The Morgan fingerprint density at radius 1 is 0.750 bits per heavy atom. The summed E-state index contributed by atoms with van der Waals surface area (Å²) in [5.41, 5.74) is -2.18. The van der Waals surface area contributed by atoms with Crippen LogP contribution < -0.4 is 5.32 Å². The van der Waals surface area contributed by atoms with Gasteiger partial charge in [0, 0.05) is 16.3 Å². The molecule has 0 spiro atoms. The zero-order valence-electron chi connectivity index (χ0n) is 21.5. The van der Waals surface area contributed by atoms with Crippen molar-refractivity contribution in [1.29, 1.82) is 0 Å². The molecule has 0 radical (unpaired) electrons. The summed E-state index contributed by atoms with van der Waals surface area (Å²) in [6.45, 7) is -0.983.